The van der Waals surface area contributed by atoms with Gasteiger partial charge < -0.3 is 10.6 Å². The van der Waals surface area contributed by atoms with E-state index in [1.807, 2.05) is 18.2 Å². The van der Waals surface area contributed by atoms with Crippen molar-refractivity contribution in [1.82, 2.24) is 15.5 Å². The highest BCUT2D eigenvalue weighted by atomic mass is 16.2. The van der Waals surface area contributed by atoms with E-state index in [0.29, 0.717) is 0 Å². The maximum atomic E-state index is 12.1. The molecule has 32 heavy (non-hydrogen) atoms. The van der Waals surface area contributed by atoms with E-state index in [9.17, 15) is 10.1 Å². The van der Waals surface area contributed by atoms with Crippen LogP contribution >= 0.6 is 0 Å². The van der Waals surface area contributed by atoms with Gasteiger partial charge >= 0.3 is 6.03 Å². The number of amides is 2. The molecule has 1 heterocycles. The zero-order chi connectivity index (χ0) is 22.4. The van der Waals surface area contributed by atoms with E-state index in [-0.39, 0.29) is 23.9 Å². The fourth-order valence-corrected chi connectivity index (χ4v) is 6.01. The zero-order valence-electron chi connectivity index (χ0n) is 19.0. The Morgan fingerprint density at radius 3 is 2.31 bits per heavy atom. The van der Waals surface area contributed by atoms with Crippen molar-refractivity contribution in [2.45, 2.75) is 50.1 Å². The molecule has 2 aliphatic rings. The molecule has 168 valence electrons. The molecule has 2 N–H and O–H groups in total. The van der Waals surface area contributed by atoms with Crippen LogP contribution in [0, 0.1) is 23.2 Å². The Kier molecular flexibility index (Phi) is 7.12. The second-order valence-electron chi connectivity index (χ2n) is 9.25. The third kappa shape index (κ3) is 4.52. The maximum absolute atomic E-state index is 12.1. The number of piperidine rings is 1. The SMILES string of the molecule is CNC(=O)N[C@H]1CCC[C@@H]1C(C#N)(c1ccccc1)C1CCN(Cc2ccccc2)CC1. The predicted octanol–water partition coefficient (Wildman–Crippen LogP) is 4.46. The molecule has 1 aliphatic carbocycles. The lowest BCUT2D eigenvalue weighted by Gasteiger charge is -2.46. The van der Waals surface area contributed by atoms with E-state index in [2.05, 4.69) is 64.1 Å². The zero-order valence-corrected chi connectivity index (χ0v) is 19.0. The molecule has 1 saturated heterocycles. The largest absolute Gasteiger partial charge is 0.341 e. The molecule has 2 fully saturated rings. The molecule has 2 aromatic carbocycles. The van der Waals surface area contributed by atoms with Crippen LogP contribution in [0.3, 0.4) is 0 Å². The maximum Gasteiger partial charge on any atom is 0.314 e. The van der Waals surface area contributed by atoms with E-state index in [0.717, 1.165) is 57.3 Å². The fourth-order valence-electron chi connectivity index (χ4n) is 6.01. The fraction of sp³-hybridized carbons (Fsp3) is 0.481. The Labute approximate surface area is 191 Å². The summed E-state index contributed by atoms with van der Waals surface area (Å²) in [7, 11) is 1.65. The van der Waals surface area contributed by atoms with Gasteiger partial charge in [-0.25, -0.2) is 4.79 Å². The first-order chi connectivity index (χ1) is 15.7. The van der Waals surface area contributed by atoms with Gasteiger partial charge in [-0.2, -0.15) is 5.26 Å². The Hall–Kier alpha value is -2.84. The Bertz CT molecular complexity index is 918. The van der Waals surface area contributed by atoms with Crippen molar-refractivity contribution in [2.24, 2.45) is 11.8 Å². The van der Waals surface area contributed by atoms with Crippen LogP contribution in [0.2, 0.25) is 0 Å². The van der Waals surface area contributed by atoms with Crippen LogP contribution in [-0.2, 0) is 12.0 Å². The number of likely N-dealkylation sites (tertiary alicyclic amines) is 1. The summed E-state index contributed by atoms with van der Waals surface area (Å²) < 4.78 is 0. The van der Waals surface area contributed by atoms with Crippen molar-refractivity contribution >= 4 is 6.03 Å². The molecule has 1 saturated carbocycles. The summed E-state index contributed by atoms with van der Waals surface area (Å²) in [5.41, 5.74) is 1.87. The molecule has 4 rings (SSSR count). The first-order valence-corrected chi connectivity index (χ1v) is 11.9. The summed E-state index contributed by atoms with van der Waals surface area (Å²) in [6.45, 7) is 2.95. The van der Waals surface area contributed by atoms with Gasteiger partial charge in [0.15, 0.2) is 0 Å². The van der Waals surface area contributed by atoms with E-state index in [4.69, 9.17) is 0 Å². The Balaban J connectivity index is 1.58. The van der Waals surface area contributed by atoms with Gasteiger partial charge in [0.05, 0.1) is 11.5 Å². The number of nitrogens with zero attached hydrogens (tertiary/aromatic N) is 2. The van der Waals surface area contributed by atoms with E-state index >= 15 is 0 Å². The van der Waals surface area contributed by atoms with Crippen molar-refractivity contribution in [1.29, 1.82) is 5.26 Å². The van der Waals surface area contributed by atoms with Gasteiger partial charge in [0.25, 0.3) is 0 Å². The molecule has 2 amide bonds. The molecule has 1 aliphatic heterocycles. The number of carbonyl (C=O) groups excluding carboxylic acids is 1. The van der Waals surface area contributed by atoms with Crippen LogP contribution in [0.5, 0.6) is 0 Å². The number of nitriles is 1. The average Bonchev–Trinajstić information content (AvgIpc) is 3.30. The van der Waals surface area contributed by atoms with E-state index in [1.54, 1.807) is 7.05 Å². The van der Waals surface area contributed by atoms with Gasteiger partial charge in [-0.15, -0.1) is 0 Å². The second-order valence-corrected chi connectivity index (χ2v) is 9.25. The minimum atomic E-state index is -0.581. The van der Waals surface area contributed by atoms with Gasteiger partial charge in [0.1, 0.15) is 0 Å². The van der Waals surface area contributed by atoms with Crippen LogP contribution in [0.1, 0.15) is 43.2 Å². The van der Waals surface area contributed by atoms with Crippen LogP contribution < -0.4 is 10.6 Å². The number of rotatable bonds is 6. The standard InChI is InChI=1S/C27H34N4O/c1-29-26(32)30-25-14-8-13-24(25)27(20-28,22-11-6-3-7-12-22)23-15-17-31(18-16-23)19-21-9-4-2-5-10-21/h2-7,9-12,23-25H,8,13-19H2,1H3,(H2,29,30,32)/t24-,25-,27?/m0/s1. The van der Waals surface area contributed by atoms with E-state index < -0.39 is 5.41 Å². The highest BCUT2D eigenvalue weighted by Gasteiger charge is 2.52. The van der Waals surface area contributed by atoms with Gasteiger partial charge in [-0.1, -0.05) is 67.1 Å². The molecule has 0 spiro atoms. The van der Waals surface area contributed by atoms with Gasteiger partial charge in [-0.3, -0.25) is 4.90 Å². The summed E-state index contributed by atoms with van der Waals surface area (Å²) in [6, 6.07) is 23.7. The van der Waals surface area contributed by atoms with Crippen molar-refractivity contribution in [3.63, 3.8) is 0 Å². The molecular formula is C27H34N4O. The molecule has 3 atom stereocenters. The van der Waals surface area contributed by atoms with Crippen molar-refractivity contribution < 1.29 is 4.79 Å². The van der Waals surface area contributed by atoms with Crippen LogP contribution in [0.15, 0.2) is 60.7 Å². The lowest BCUT2D eigenvalue weighted by Crippen LogP contribution is -2.53. The molecule has 0 aromatic heterocycles. The van der Waals surface area contributed by atoms with Gasteiger partial charge in [-0.05, 0) is 55.8 Å². The molecule has 5 nitrogen and oxygen atoms in total. The molecule has 0 bridgehead atoms. The molecule has 5 heteroatoms. The van der Waals surface area contributed by atoms with Crippen LogP contribution in [0.4, 0.5) is 4.79 Å². The summed E-state index contributed by atoms with van der Waals surface area (Å²) in [4.78, 5) is 14.7. The summed E-state index contributed by atoms with van der Waals surface area (Å²) >= 11 is 0. The normalized spacial score (nSPS) is 23.8. The number of urea groups is 1. The summed E-state index contributed by atoms with van der Waals surface area (Å²) in [6.07, 6.45) is 4.95. The number of hydrogen-bond donors (Lipinski definition) is 2. The molecule has 1 unspecified atom stereocenters. The first-order valence-electron chi connectivity index (χ1n) is 11.9. The number of hydrogen-bond acceptors (Lipinski definition) is 3. The van der Waals surface area contributed by atoms with Crippen molar-refractivity contribution in [2.75, 3.05) is 20.1 Å². The number of benzene rings is 2. The second kappa shape index (κ2) is 10.2. The Morgan fingerprint density at radius 1 is 1.03 bits per heavy atom. The summed E-state index contributed by atoms with van der Waals surface area (Å²) in [5.74, 6) is 0.400. The van der Waals surface area contributed by atoms with Crippen molar-refractivity contribution in [3.05, 3.63) is 71.8 Å². The van der Waals surface area contributed by atoms with E-state index in [1.165, 1.54) is 5.56 Å². The smallest absolute Gasteiger partial charge is 0.314 e. The third-order valence-corrected chi connectivity index (χ3v) is 7.56. The average molecular weight is 431 g/mol. The van der Waals surface area contributed by atoms with Gasteiger partial charge in [0.2, 0.25) is 0 Å². The van der Waals surface area contributed by atoms with Crippen LogP contribution in [-0.4, -0.2) is 37.1 Å². The first kappa shape index (κ1) is 22.4. The summed E-state index contributed by atoms with van der Waals surface area (Å²) in [5, 5.41) is 16.6. The van der Waals surface area contributed by atoms with Crippen molar-refractivity contribution in [3.8, 4) is 6.07 Å². The van der Waals surface area contributed by atoms with Crippen LogP contribution in [0.25, 0.3) is 0 Å². The third-order valence-electron chi connectivity index (χ3n) is 7.56. The number of carbonyl (C=O) groups is 1. The molecule has 0 radical (unpaired) electrons. The lowest BCUT2D eigenvalue weighted by molar-refractivity contribution is 0.107. The topological polar surface area (TPSA) is 68.2 Å². The molecule has 2 aromatic rings. The highest BCUT2D eigenvalue weighted by Crippen LogP contribution is 2.50. The lowest BCUT2D eigenvalue weighted by atomic mass is 9.59. The van der Waals surface area contributed by atoms with Gasteiger partial charge in [0, 0.05) is 25.6 Å². The minimum Gasteiger partial charge on any atom is -0.341 e. The monoisotopic (exact) mass is 430 g/mol. The quantitative estimate of drug-likeness (QED) is 0.711. The Morgan fingerprint density at radius 2 is 1.69 bits per heavy atom. The minimum absolute atomic E-state index is 0.0251. The number of nitrogens with one attached hydrogen (secondary N) is 2. The highest BCUT2D eigenvalue weighted by molar-refractivity contribution is 5.74. The molecular weight excluding hydrogens is 396 g/mol. The predicted molar refractivity (Wildman–Crippen MR) is 127 cm³/mol.